The van der Waals surface area contributed by atoms with Crippen LogP contribution in [0.15, 0.2) is 48.5 Å². The number of fused-ring (bicyclic) bond motifs is 1. The predicted molar refractivity (Wildman–Crippen MR) is 105 cm³/mol. The maximum Gasteiger partial charge on any atom is 0.356 e. The smallest absolute Gasteiger partial charge is 0.356 e. The molecule has 0 aliphatic heterocycles. The van der Waals surface area contributed by atoms with Crippen LogP contribution in [0.4, 0.5) is 10.1 Å². The lowest BCUT2D eigenvalue weighted by atomic mass is 10.1. The van der Waals surface area contributed by atoms with Gasteiger partial charge in [-0.1, -0.05) is 0 Å². The molecule has 29 heavy (non-hydrogen) atoms. The van der Waals surface area contributed by atoms with Gasteiger partial charge in [0.15, 0.2) is 12.3 Å². The van der Waals surface area contributed by atoms with Gasteiger partial charge in [-0.15, -0.1) is 0 Å². The second kappa shape index (κ2) is 9.01. The summed E-state index contributed by atoms with van der Waals surface area (Å²) in [6, 6.07) is 12.1. The van der Waals surface area contributed by atoms with Gasteiger partial charge in [-0.3, -0.25) is 4.79 Å². The number of ether oxygens (including phenoxy) is 3. The highest BCUT2D eigenvalue weighted by molar-refractivity contribution is 5.95. The molecule has 0 saturated heterocycles. The molecule has 0 atom stereocenters. The van der Waals surface area contributed by atoms with Gasteiger partial charge in [-0.05, 0) is 49.4 Å². The minimum Gasteiger partial charge on any atom is -0.494 e. The fourth-order valence-electron chi connectivity index (χ4n) is 2.64. The van der Waals surface area contributed by atoms with Crippen molar-refractivity contribution in [2.24, 2.45) is 0 Å². The number of amides is 1. The maximum atomic E-state index is 13.7. The molecule has 0 fully saturated rings. The third kappa shape index (κ3) is 4.98. The van der Waals surface area contributed by atoms with Crippen LogP contribution in [0, 0.1) is 5.82 Å². The molecule has 0 unspecified atom stereocenters. The highest BCUT2D eigenvalue weighted by Crippen LogP contribution is 2.27. The number of anilines is 1. The molecule has 2 aromatic carbocycles. The van der Waals surface area contributed by atoms with Crippen molar-refractivity contribution in [2.45, 2.75) is 6.92 Å². The lowest BCUT2D eigenvalue weighted by molar-refractivity contribution is -0.118. The van der Waals surface area contributed by atoms with Crippen LogP contribution in [0.2, 0.25) is 0 Å². The van der Waals surface area contributed by atoms with E-state index in [0.717, 1.165) is 0 Å². The molecule has 1 heterocycles. The molecule has 1 aromatic heterocycles. The van der Waals surface area contributed by atoms with Crippen LogP contribution in [0.3, 0.4) is 0 Å². The van der Waals surface area contributed by atoms with Crippen LogP contribution in [-0.2, 0) is 9.53 Å². The van der Waals surface area contributed by atoms with E-state index in [1.165, 1.54) is 31.4 Å². The number of carbonyl (C=O) groups excluding carboxylic acids is 2. The Hall–Kier alpha value is -3.68. The van der Waals surface area contributed by atoms with Crippen molar-refractivity contribution in [3.05, 3.63) is 60.0 Å². The van der Waals surface area contributed by atoms with Crippen molar-refractivity contribution < 1.29 is 28.2 Å². The summed E-state index contributed by atoms with van der Waals surface area (Å²) in [6.45, 7) is 2.09. The molecule has 0 spiro atoms. The molecule has 1 N–H and O–H groups in total. The number of nitrogens with zero attached hydrogens (tertiary/aromatic N) is 1. The Morgan fingerprint density at radius 2 is 1.83 bits per heavy atom. The van der Waals surface area contributed by atoms with Gasteiger partial charge in [0.2, 0.25) is 0 Å². The number of esters is 1. The van der Waals surface area contributed by atoms with Crippen molar-refractivity contribution in [3.8, 4) is 11.5 Å². The topological polar surface area (TPSA) is 86.8 Å². The van der Waals surface area contributed by atoms with Crippen LogP contribution >= 0.6 is 0 Å². The number of nitrogens with one attached hydrogen (secondary N) is 1. The van der Waals surface area contributed by atoms with E-state index < -0.39 is 17.7 Å². The number of benzene rings is 2. The average molecular weight is 398 g/mol. The summed E-state index contributed by atoms with van der Waals surface area (Å²) in [6.07, 6.45) is 0. The van der Waals surface area contributed by atoms with Gasteiger partial charge in [0.1, 0.15) is 17.3 Å². The van der Waals surface area contributed by atoms with E-state index in [1.807, 2.05) is 6.92 Å². The number of hydrogen-bond donors (Lipinski definition) is 1. The Bertz CT molecular complexity index is 1040. The molecule has 0 radical (unpaired) electrons. The normalized spacial score (nSPS) is 10.4. The van der Waals surface area contributed by atoms with Gasteiger partial charge in [-0.25, -0.2) is 14.2 Å². The van der Waals surface area contributed by atoms with Crippen molar-refractivity contribution in [1.29, 1.82) is 0 Å². The minimum atomic E-state index is -0.667. The third-order valence-electron chi connectivity index (χ3n) is 3.94. The van der Waals surface area contributed by atoms with Crippen molar-refractivity contribution in [2.75, 3.05) is 25.6 Å². The molecule has 8 heteroatoms. The Kier molecular flexibility index (Phi) is 6.23. The molecule has 3 rings (SSSR count). The molecule has 0 saturated carbocycles. The molecule has 1 amide bonds. The zero-order valence-electron chi connectivity index (χ0n) is 15.9. The SMILES string of the molecule is CCOc1ccc(NC(=O)COc2cc(C(=O)OC)nc3ccc(F)cc23)cc1. The first-order valence-electron chi connectivity index (χ1n) is 8.84. The molecular weight excluding hydrogens is 379 g/mol. The van der Waals surface area contributed by atoms with E-state index in [0.29, 0.717) is 28.9 Å². The number of carbonyl (C=O) groups is 2. The maximum absolute atomic E-state index is 13.7. The van der Waals surface area contributed by atoms with Gasteiger partial charge in [0.25, 0.3) is 5.91 Å². The first kappa shape index (κ1) is 20.1. The Morgan fingerprint density at radius 1 is 1.07 bits per heavy atom. The molecular formula is C21H19FN2O5. The van der Waals surface area contributed by atoms with Crippen LogP contribution in [-0.4, -0.2) is 37.2 Å². The summed E-state index contributed by atoms with van der Waals surface area (Å²) in [5, 5.41) is 3.03. The highest BCUT2D eigenvalue weighted by atomic mass is 19.1. The second-order valence-electron chi connectivity index (χ2n) is 5.95. The zero-order valence-corrected chi connectivity index (χ0v) is 15.9. The van der Waals surface area contributed by atoms with Gasteiger partial charge < -0.3 is 19.5 Å². The van der Waals surface area contributed by atoms with Gasteiger partial charge >= 0.3 is 5.97 Å². The number of rotatable bonds is 7. The number of methoxy groups -OCH3 is 1. The summed E-state index contributed by atoms with van der Waals surface area (Å²) in [4.78, 5) is 28.2. The summed E-state index contributed by atoms with van der Waals surface area (Å²) >= 11 is 0. The standard InChI is InChI=1S/C21H19FN2O5/c1-3-28-15-7-5-14(6-8-15)23-20(25)12-29-19-11-18(21(26)27-2)24-17-9-4-13(22)10-16(17)19/h4-11H,3,12H2,1-2H3,(H,23,25). The molecule has 0 aliphatic carbocycles. The van der Waals surface area contributed by atoms with E-state index in [1.54, 1.807) is 24.3 Å². The Labute approximate surface area is 166 Å². The van der Waals surface area contributed by atoms with Crippen LogP contribution in [0.5, 0.6) is 11.5 Å². The van der Waals surface area contributed by atoms with Crippen LogP contribution < -0.4 is 14.8 Å². The lowest BCUT2D eigenvalue weighted by Gasteiger charge is -2.11. The van der Waals surface area contributed by atoms with E-state index in [9.17, 15) is 14.0 Å². The number of halogens is 1. The quantitative estimate of drug-likeness (QED) is 0.612. The van der Waals surface area contributed by atoms with Crippen LogP contribution in [0.1, 0.15) is 17.4 Å². The summed E-state index contributed by atoms with van der Waals surface area (Å²) < 4.78 is 29.2. The fraction of sp³-hybridized carbons (Fsp3) is 0.190. The molecule has 0 aliphatic rings. The fourth-order valence-corrected chi connectivity index (χ4v) is 2.64. The summed E-state index contributed by atoms with van der Waals surface area (Å²) in [7, 11) is 1.23. The molecule has 150 valence electrons. The molecule has 0 bridgehead atoms. The summed E-state index contributed by atoms with van der Waals surface area (Å²) in [5.74, 6) is -0.733. The minimum absolute atomic E-state index is 0.00599. The number of aromatic nitrogens is 1. The van der Waals surface area contributed by atoms with Crippen LogP contribution in [0.25, 0.3) is 10.9 Å². The van der Waals surface area contributed by atoms with E-state index in [-0.39, 0.29) is 18.1 Å². The van der Waals surface area contributed by atoms with Crippen molar-refractivity contribution >= 4 is 28.5 Å². The van der Waals surface area contributed by atoms with E-state index >= 15 is 0 Å². The summed E-state index contributed by atoms with van der Waals surface area (Å²) in [5.41, 5.74) is 0.910. The van der Waals surface area contributed by atoms with Crippen molar-refractivity contribution in [3.63, 3.8) is 0 Å². The van der Waals surface area contributed by atoms with Gasteiger partial charge in [0.05, 0.1) is 19.2 Å². The number of pyridine rings is 1. The second-order valence-corrected chi connectivity index (χ2v) is 5.95. The average Bonchev–Trinajstić information content (AvgIpc) is 2.73. The predicted octanol–water partition coefficient (Wildman–Crippen LogP) is 3.58. The van der Waals surface area contributed by atoms with Gasteiger partial charge in [-0.2, -0.15) is 0 Å². The first-order chi connectivity index (χ1) is 14.0. The monoisotopic (exact) mass is 398 g/mol. The first-order valence-corrected chi connectivity index (χ1v) is 8.84. The Morgan fingerprint density at radius 3 is 2.52 bits per heavy atom. The van der Waals surface area contributed by atoms with E-state index in [2.05, 4.69) is 15.0 Å². The van der Waals surface area contributed by atoms with Gasteiger partial charge in [0, 0.05) is 17.1 Å². The lowest BCUT2D eigenvalue weighted by Crippen LogP contribution is -2.20. The van der Waals surface area contributed by atoms with Crippen molar-refractivity contribution in [1.82, 2.24) is 4.98 Å². The van der Waals surface area contributed by atoms with E-state index in [4.69, 9.17) is 9.47 Å². The molecule has 3 aromatic rings. The number of hydrogen-bond acceptors (Lipinski definition) is 6. The molecule has 7 nitrogen and oxygen atoms in total. The third-order valence-corrected chi connectivity index (χ3v) is 3.94. The Balaban J connectivity index is 1.75. The highest BCUT2D eigenvalue weighted by Gasteiger charge is 2.15. The largest absolute Gasteiger partial charge is 0.494 e. The zero-order chi connectivity index (χ0) is 20.8.